The topological polar surface area (TPSA) is 62.7 Å². The van der Waals surface area contributed by atoms with Crippen molar-refractivity contribution in [2.24, 2.45) is 4.99 Å². The molecule has 1 aliphatic rings. The predicted octanol–water partition coefficient (Wildman–Crippen LogP) is 1.78. The van der Waals surface area contributed by atoms with Gasteiger partial charge in [-0.3, -0.25) is 9.79 Å². The van der Waals surface area contributed by atoms with E-state index in [1.807, 2.05) is 18.7 Å². The minimum Gasteiger partial charge on any atom is -0.466 e. The van der Waals surface area contributed by atoms with E-state index in [1.54, 1.807) is 7.05 Å². The maximum Gasteiger partial charge on any atom is 0.305 e. The molecule has 116 valence electrons. The highest BCUT2D eigenvalue weighted by Crippen LogP contribution is 2.27. The van der Waals surface area contributed by atoms with Crippen molar-refractivity contribution in [3.63, 3.8) is 0 Å². The number of aliphatic imine (C=N–C) groups is 1. The van der Waals surface area contributed by atoms with E-state index >= 15 is 0 Å². The summed E-state index contributed by atoms with van der Waals surface area (Å²) in [7, 11) is 1.78. The van der Waals surface area contributed by atoms with Crippen molar-refractivity contribution in [3.8, 4) is 0 Å². The third-order valence-corrected chi connectivity index (χ3v) is 4.53. The van der Waals surface area contributed by atoms with E-state index in [2.05, 4.69) is 21.9 Å². The summed E-state index contributed by atoms with van der Waals surface area (Å²) in [6.07, 6.45) is 7.07. The smallest absolute Gasteiger partial charge is 0.305 e. The summed E-state index contributed by atoms with van der Waals surface area (Å²) >= 11 is 1.95. The van der Waals surface area contributed by atoms with Gasteiger partial charge < -0.3 is 15.4 Å². The Labute approximate surface area is 126 Å². The number of hydrogen-bond donors (Lipinski definition) is 2. The molecule has 1 rings (SSSR count). The molecule has 1 fully saturated rings. The average molecular weight is 301 g/mol. The van der Waals surface area contributed by atoms with Gasteiger partial charge in [-0.25, -0.2) is 0 Å². The highest BCUT2D eigenvalue weighted by atomic mass is 32.2. The number of ether oxygens (including phenoxy) is 1. The van der Waals surface area contributed by atoms with Gasteiger partial charge in [-0.2, -0.15) is 11.8 Å². The summed E-state index contributed by atoms with van der Waals surface area (Å²) < 4.78 is 4.89. The van der Waals surface area contributed by atoms with Crippen LogP contribution in [0, 0.1) is 0 Å². The normalized spacial score (nSPS) is 22.6. The summed E-state index contributed by atoms with van der Waals surface area (Å²) in [5.41, 5.74) is 0. The Kier molecular flexibility index (Phi) is 8.49. The molecule has 0 bridgehead atoms. The molecular weight excluding hydrogens is 274 g/mol. The molecule has 6 heteroatoms. The van der Waals surface area contributed by atoms with E-state index < -0.39 is 0 Å². The SMILES string of the molecule is CCOC(=O)CCCNC(=NC)NC1CCC(SC)C1. The zero-order valence-corrected chi connectivity index (χ0v) is 13.6. The van der Waals surface area contributed by atoms with Gasteiger partial charge in [0.2, 0.25) is 0 Å². The Hall–Kier alpha value is -0.910. The van der Waals surface area contributed by atoms with E-state index in [1.165, 1.54) is 19.3 Å². The van der Waals surface area contributed by atoms with Crippen LogP contribution in [0.2, 0.25) is 0 Å². The fourth-order valence-electron chi connectivity index (χ4n) is 2.35. The average Bonchev–Trinajstić information content (AvgIpc) is 2.90. The second kappa shape index (κ2) is 9.91. The summed E-state index contributed by atoms with van der Waals surface area (Å²) in [6.45, 7) is 3.01. The zero-order chi connectivity index (χ0) is 14.8. The van der Waals surface area contributed by atoms with Crippen molar-refractivity contribution in [2.75, 3.05) is 26.5 Å². The Morgan fingerprint density at radius 3 is 2.85 bits per heavy atom. The van der Waals surface area contributed by atoms with Crippen molar-refractivity contribution in [3.05, 3.63) is 0 Å². The molecule has 1 aliphatic carbocycles. The number of thioether (sulfide) groups is 1. The number of carbonyl (C=O) groups is 1. The Morgan fingerprint density at radius 1 is 1.45 bits per heavy atom. The van der Waals surface area contributed by atoms with Gasteiger partial charge in [-0.1, -0.05) is 0 Å². The highest BCUT2D eigenvalue weighted by Gasteiger charge is 2.24. The maximum atomic E-state index is 11.2. The first-order valence-corrected chi connectivity index (χ1v) is 8.64. The largest absolute Gasteiger partial charge is 0.466 e. The van der Waals surface area contributed by atoms with E-state index in [9.17, 15) is 4.79 Å². The molecule has 0 aromatic heterocycles. The van der Waals surface area contributed by atoms with Gasteiger partial charge in [0.1, 0.15) is 0 Å². The van der Waals surface area contributed by atoms with Gasteiger partial charge in [0.05, 0.1) is 6.61 Å². The quantitative estimate of drug-likeness (QED) is 0.325. The van der Waals surface area contributed by atoms with Crippen molar-refractivity contribution in [1.29, 1.82) is 0 Å². The molecule has 0 saturated heterocycles. The van der Waals surface area contributed by atoms with Crippen LogP contribution in [-0.4, -0.2) is 49.7 Å². The number of nitrogens with one attached hydrogen (secondary N) is 2. The first-order valence-electron chi connectivity index (χ1n) is 7.35. The summed E-state index contributed by atoms with van der Waals surface area (Å²) in [5, 5.41) is 7.48. The number of guanidine groups is 1. The van der Waals surface area contributed by atoms with Gasteiger partial charge in [-0.05, 0) is 38.9 Å². The second-order valence-corrected chi connectivity index (χ2v) is 6.06. The predicted molar refractivity (Wildman–Crippen MR) is 85.3 cm³/mol. The van der Waals surface area contributed by atoms with Crippen LogP contribution in [0.5, 0.6) is 0 Å². The number of rotatable bonds is 7. The monoisotopic (exact) mass is 301 g/mol. The van der Waals surface area contributed by atoms with E-state index in [-0.39, 0.29) is 5.97 Å². The molecule has 0 aromatic carbocycles. The minimum atomic E-state index is -0.129. The molecular formula is C14H27N3O2S. The Morgan fingerprint density at radius 2 is 2.25 bits per heavy atom. The molecule has 1 saturated carbocycles. The van der Waals surface area contributed by atoms with Crippen molar-refractivity contribution in [1.82, 2.24) is 10.6 Å². The van der Waals surface area contributed by atoms with E-state index in [4.69, 9.17) is 4.74 Å². The molecule has 0 aliphatic heterocycles. The summed E-state index contributed by atoms with van der Waals surface area (Å²) in [4.78, 5) is 15.4. The fraction of sp³-hybridized carbons (Fsp3) is 0.857. The van der Waals surface area contributed by atoms with Crippen LogP contribution in [0.3, 0.4) is 0 Å². The lowest BCUT2D eigenvalue weighted by Gasteiger charge is -2.17. The minimum absolute atomic E-state index is 0.129. The van der Waals surface area contributed by atoms with Crippen LogP contribution < -0.4 is 10.6 Å². The van der Waals surface area contributed by atoms with Crippen LogP contribution in [0.4, 0.5) is 0 Å². The molecule has 20 heavy (non-hydrogen) atoms. The Bertz CT molecular complexity index is 324. The Balaban J connectivity index is 2.16. The molecule has 5 nitrogen and oxygen atoms in total. The lowest BCUT2D eigenvalue weighted by molar-refractivity contribution is -0.143. The lowest BCUT2D eigenvalue weighted by atomic mass is 10.2. The zero-order valence-electron chi connectivity index (χ0n) is 12.8. The van der Waals surface area contributed by atoms with Gasteiger partial charge >= 0.3 is 5.97 Å². The van der Waals surface area contributed by atoms with Crippen molar-refractivity contribution in [2.45, 2.75) is 50.3 Å². The fourth-order valence-corrected chi connectivity index (χ4v) is 3.14. The van der Waals surface area contributed by atoms with Gasteiger partial charge in [0.25, 0.3) is 0 Å². The number of hydrogen-bond acceptors (Lipinski definition) is 4. The van der Waals surface area contributed by atoms with Gasteiger partial charge in [-0.15, -0.1) is 0 Å². The van der Waals surface area contributed by atoms with Crippen LogP contribution >= 0.6 is 11.8 Å². The van der Waals surface area contributed by atoms with Crippen LogP contribution in [0.15, 0.2) is 4.99 Å². The summed E-state index contributed by atoms with van der Waals surface area (Å²) in [5.74, 6) is 0.705. The van der Waals surface area contributed by atoms with Gasteiger partial charge in [0.15, 0.2) is 5.96 Å². The molecule has 0 radical (unpaired) electrons. The first-order chi connectivity index (χ1) is 9.69. The van der Waals surface area contributed by atoms with Crippen LogP contribution in [-0.2, 0) is 9.53 Å². The third kappa shape index (κ3) is 6.50. The lowest BCUT2D eigenvalue weighted by Crippen LogP contribution is -2.42. The van der Waals surface area contributed by atoms with Gasteiger partial charge in [0, 0.05) is 31.3 Å². The number of nitrogens with zero attached hydrogens (tertiary/aromatic N) is 1. The standard InChI is InChI=1S/C14H27N3O2S/c1-4-19-13(18)6-5-9-16-14(15-2)17-11-7-8-12(10-11)20-3/h11-12H,4-10H2,1-3H3,(H2,15,16,17). The molecule has 2 unspecified atom stereocenters. The van der Waals surface area contributed by atoms with Crippen molar-refractivity contribution < 1.29 is 9.53 Å². The van der Waals surface area contributed by atoms with Crippen LogP contribution in [0.25, 0.3) is 0 Å². The van der Waals surface area contributed by atoms with Crippen molar-refractivity contribution >= 4 is 23.7 Å². The highest BCUT2D eigenvalue weighted by molar-refractivity contribution is 7.99. The molecule has 2 N–H and O–H groups in total. The molecule has 2 atom stereocenters. The number of esters is 1. The maximum absolute atomic E-state index is 11.2. The molecule has 0 amide bonds. The molecule has 0 spiro atoms. The number of carbonyl (C=O) groups excluding carboxylic acids is 1. The molecule has 0 aromatic rings. The van der Waals surface area contributed by atoms with E-state index in [0.29, 0.717) is 19.1 Å². The van der Waals surface area contributed by atoms with E-state index in [0.717, 1.165) is 24.2 Å². The molecule has 0 heterocycles. The summed E-state index contributed by atoms with van der Waals surface area (Å²) in [6, 6.07) is 0.517. The second-order valence-electron chi connectivity index (χ2n) is 4.92. The van der Waals surface area contributed by atoms with Crippen LogP contribution in [0.1, 0.15) is 39.0 Å². The first kappa shape index (κ1) is 17.1. The third-order valence-electron chi connectivity index (χ3n) is 3.44.